The van der Waals surface area contributed by atoms with Crippen molar-refractivity contribution >= 4 is 11.6 Å². The molecule has 102 valence electrons. The average Bonchev–Trinajstić information content (AvgIpc) is 2.37. The van der Waals surface area contributed by atoms with E-state index >= 15 is 0 Å². The van der Waals surface area contributed by atoms with Crippen LogP contribution in [0, 0.1) is 5.92 Å². The Labute approximate surface area is 116 Å². The number of nitrogens with zero attached hydrogens (tertiary/aromatic N) is 1. The Balaban J connectivity index is 3.05. The minimum absolute atomic E-state index is 0.335. The molecular formula is C15H24ClNO. The van der Waals surface area contributed by atoms with Crippen LogP contribution in [0.25, 0.3) is 0 Å². The van der Waals surface area contributed by atoms with Crippen molar-refractivity contribution in [2.45, 2.75) is 25.1 Å². The molecule has 18 heavy (non-hydrogen) atoms. The van der Waals surface area contributed by atoms with Crippen molar-refractivity contribution in [2.75, 3.05) is 27.7 Å². The largest absolute Gasteiger partial charge is 0.497 e. The molecular weight excluding hydrogens is 246 g/mol. The van der Waals surface area contributed by atoms with Crippen LogP contribution < -0.4 is 4.74 Å². The third kappa shape index (κ3) is 3.39. The van der Waals surface area contributed by atoms with Crippen molar-refractivity contribution < 1.29 is 4.74 Å². The van der Waals surface area contributed by atoms with Crippen LogP contribution in [0.4, 0.5) is 0 Å². The summed E-state index contributed by atoms with van der Waals surface area (Å²) in [6.07, 6.45) is 0.900. The van der Waals surface area contributed by atoms with Crippen LogP contribution in [-0.4, -0.2) is 32.6 Å². The van der Waals surface area contributed by atoms with E-state index < -0.39 is 0 Å². The van der Waals surface area contributed by atoms with Crippen LogP contribution in [-0.2, 0) is 4.87 Å². The fraction of sp³-hybridized carbons (Fsp3) is 0.600. The number of ether oxygens (including phenoxy) is 1. The molecule has 0 amide bonds. The first-order chi connectivity index (χ1) is 8.43. The second-order valence-corrected chi connectivity index (χ2v) is 5.79. The zero-order chi connectivity index (χ0) is 13.8. The van der Waals surface area contributed by atoms with Gasteiger partial charge >= 0.3 is 0 Å². The number of alkyl halides is 1. The molecule has 0 fully saturated rings. The van der Waals surface area contributed by atoms with Crippen molar-refractivity contribution in [1.82, 2.24) is 4.90 Å². The molecule has 0 saturated heterocycles. The molecule has 0 aliphatic rings. The molecule has 0 spiro atoms. The standard InChI is InChI=1S/C15H24ClNO/c1-6-15(16,12(2)11-17(3)4)13-8-7-9-14(10-13)18-5/h7-10,12H,6,11H2,1-5H3/t12-,15+/m0/s1. The van der Waals surface area contributed by atoms with Gasteiger partial charge < -0.3 is 9.64 Å². The minimum Gasteiger partial charge on any atom is -0.497 e. The minimum atomic E-state index is -0.335. The molecule has 1 aromatic carbocycles. The highest BCUT2D eigenvalue weighted by Crippen LogP contribution is 2.41. The number of hydrogen-bond donors (Lipinski definition) is 0. The summed E-state index contributed by atoms with van der Waals surface area (Å²) in [5.41, 5.74) is 1.14. The van der Waals surface area contributed by atoms with E-state index in [1.807, 2.05) is 18.2 Å². The molecule has 0 saturated carbocycles. The third-order valence-corrected chi connectivity index (χ3v) is 4.34. The highest BCUT2D eigenvalue weighted by molar-refractivity contribution is 6.24. The van der Waals surface area contributed by atoms with Crippen LogP contribution in [0.5, 0.6) is 5.75 Å². The first-order valence-electron chi connectivity index (χ1n) is 6.42. The van der Waals surface area contributed by atoms with Crippen molar-refractivity contribution in [3.8, 4) is 5.75 Å². The molecule has 2 atom stereocenters. The molecule has 2 nitrogen and oxygen atoms in total. The van der Waals surface area contributed by atoms with Gasteiger partial charge in [-0.1, -0.05) is 26.0 Å². The van der Waals surface area contributed by atoms with Crippen molar-refractivity contribution in [3.05, 3.63) is 29.8 Å². The Morgan fingerprint density at radius 2 is 2.06 bits per heavy atom. The highest BCUT2D eigenvalue weighted by Gasteiger charge is 2.34. The smallest absolute Gasteiger partial charge is 0.119 e. The van der Waals surface area contributed by atoms with Gasteiger partial charge in [-0.15, -0.1) is 11.6 Å². The lowest BCUT2D eigenvalue weighted by atomic mass is 9.83. The van der Waals surface area contributed by atoms with Crippen LogP contribution >= 0.6 is 11.6 Å². The number of benzene rings is 1. The fourth-order valence-corrected chi connectivity index (χ4v) is 2.60. The van der Waals surface area contributed by atoms with Gasteiger partial charge in [-0.05, 0) is 44.1 Å². The van der Waals surface area contributed by atoms with E-state index in [0.717, 1.165) is 24.3 Å². The quantitative estimate of drug-likeness (QED) is 0.730. The second-order valence-electron chi connectivity index (χ2n) is 5.11. The molecule has 0 radical (unpaired) electrons. The lowest BCUT2D eigenvalue weighted by Gasteiger charge is -2.34. The Hall–Kier alpha value is -0.730. The molecule has 0 aromatic heterocycles. The van der Waals surface area contributed by atoms with Crippen molar-refractivity contribution in [1.29, 1.82) is 0 Å². The highest BCUT2D eigenvalue weighted by atomic mass is 35.5. The van der Waals surface area contributed by atoms with E-state index in [1.165, 1.54) is 0 Å². The van der Waals surface area contributed by atoms with Crippen molar-refractivity contribution in [3.63, 3.8) is 0 Å². The number of methoxy groups -OCH3 is 1. The molecule has 1 rings (SSSR count). The van der Waals surface area contributed by atoms with Gasteiger partial charge in [-0.2, -0.15) is 0 Å². The molecule has 0 unspecified atom stereocenters. The molecule has 0 N–H and O–H groups in total. The topological polar surface area (TPSA) is 12.5 Å². The van der Waals surface area contributed by atoms with Gasteiger partial charge in [0.05, 0.1) is 12.0 Å². The lowest BCUT2D eigenvalue weighted by molar-refractivity contribution is 0.278. The van der Waals surface area contributed by atoms with E-state index in [-0.39, 0.29) is 4.87 Å². The van der Waals surface area contributed by atoms with Gasteiger partial charge in [0.15, 0.2) is 0 Å². The van der Waals surface area contributed by atoms with E-state index in [1.54, 1.807) is 7.11 Å². The second kappa shape index (κ2) is 6.44. The van der Waals surface area contributed by atoms with E-state index in [9.17, 15) is 0 Å². The summed E-state index contributed by atoms with van der Waals surface area (Å²) in [4.78, 5) is 1.84. The summed E-state index contributed by atoms with van der Waals surface area (Å²) >= 11 is 6.89. The SMILES string of the molecule is CC[C@](Cl)(c1cccc(OC)c1)[C@@H](C)CN(C)C. The first kappa shape index (κ1) is 15.3. The molecule has 3 heteroatoms. The summed E-state index contributed by atoms with van der Waals surface area (Å²) in [5, 5.41) is 0. The predicted octanol–water partition coefficient (Wildman–Crippen LogP) is 3.74. The Morgan fingerprint density at radius 3 is 2.56 bits per heavy atom. The van der Waals surface area contributed by atoms with E-state index in [4.69, 9.17) is 16.3 Å². The normalized spacial score (nSPS) is 16.4. The third-order valence-electron chi connectivity index (χ3n) is 3.48. The Kier molecular flexibility index (Phi) is 5.48. The van der Waals surface area contributed by atoms with Gasteiger partial charge in [-0.25, -0.2) is 0 Å². The summed E-state index contributed by atoms with van der Waals surface area (Å²) in [6, 6.07) is 8.09. The van der Waals surface area contributed by atoms with Gasteiger partial charge in [0.1, 0.15) is 5.75 Å². The van der Waals surface area contributed by atoms with E-state index in [0.29, 0.717) is 5.92 Å². The van der Waals surface area contributed by atoms with Gasteiger partial charge in [0.25, 0.3) is 0 Å². The van der Waals surface area contributed by atoms with Gasteiger partial charge in [0.2, 0.25) is 0 Å². The zero-order valence-corrected chi connectivity index (χ0v) is 12.8. The molecule has 0 aliphatic heterocycles. The summed E-state index contributed by atoms with van der Waals surface area (Å²) < 4.78 is 5.29. The van der Waals surface area contributed by atoms with Crippen LogP contribution in [0.15, 0.2) is 24.3 Å². The van der Waals surface area contributed by atoms with Crippen molar-refractivity contribution in [2.24, 2.45) is 5.92 Å². The average molecular weight is 270 g/mol. The summed E-state index contributed by atoms with van der Waals surface area (Å²) in [6.45, 7) is 5.31. The Morgan fingerprint density at radius 1 is 1.39 bits per heavy atom. The maximum Gasteiger partial charge on any atom is 0.119 e. The number of hydrogen-bond acceptors (Lipinski definition) is 2. The van der Waals surface area contributed by atoms with Gasteiger partial charge in [-0.3, -0.25) is 0 Å². The summed E-state index contributed by atoms with van der Waals surface area (Å²) in [5.74, 6) is 1.23. The van der Waals surface area contributed by atoms with Crippen LogP contribution in [0.2, 0.25) is 0 Å². The van der Waals surface area contributed by atoms with E-state index in [2.05, 4.69) is 38.9 Å². The first-order valence-corrected chi connectivity index (χ1v) is 6.80. The predicted molar refractivity (Wildman–Crippen MR) is 78.5 cm³/mol. The maximum atomic E-state index is 6.89. The number of halogens is 1. The Bertz CT molecular complexity index is 381. The van der Waals surface area contributed by atoms with Gasteiger partial charge in [0, 0.05) is 6.54 Å². The molecule has 0 heterocycles. The van der Waals surface area contributed by atoms with Crippen LogP contribution in [0.1, 0.15) is 25.8 Å². The monoisotopic (exact) mass is 269 g/mol. The molecule has 1 aromatic rings. The maximum absolute atomic E-state index is 6.89. The zero-order valence-electron chi connectivity index (χ0n) is 12.0. The summed E-state index contributed by atoms with van der Waals surface area (Å²) in [7, 11) is 5.84. The number of rotatable bonds is 6. The van der Waals surface area contributed by atoms with Crippen LogP contribution in [0.3, 0.4) is 0 Å². The lowest BCUT2D eigenvalue weighted by Crippen LogP contribution is -2.34. The fourth-order valence-electron chi connectivity index (χ4n) is 2.41. The molecule has 0 aliphatic carbocycles. The molecule has 0 bridgehead atoms.